The molecule has 0 spiro atoms. The molecule has 0 aliphatic rings. The van der Waals surface area contributed by atoms with Gasteiger partial charge in [0.1, 0.15) is 11.9 Å². The maximum absolute atomic E-state index is 13.2. The van der Waals surface area contributed by atoms with Gasteiger partial charge in [0.2, 0.25) is 0 Å². The van der Waals surface area contributed by atoms with Gasteiger partial charge >= 0.3 is 0 Å². The van der Waals surface area contributed by atoms with Crippen LogP contribution in [-0.2, 0) is 6.54 Å². The Labute approximate surface area is 126 Å². The van der Waals surface area contributed by atoms with Crippen molar-refractivity contribution >= 4 is 15.9 Å². The number of nitrogens with zero attached hydrogens (tertiary/aromatic N) is 1. The first-order valence-electron chi connectivity index (χ1n) is 6.28. The van der Waals surface area contributed by atoms with Crippen molar-refractivity contribution in [1.29, 1.82) is 5.26 Å². The van der Waals surface area contributed by atoms with E-state index in [1.807, 2.05) is 30.3 Å². The minimum absolute atomic E-state index is 0.0813. The molecule has 2 rings (SSSR count). The highest BCUT2D eigenvalue weighted by Crippen LogP contribution is 2.23. The summed E-state index contributed by atoms with van der Waals surface area (Å²) in [4.78, 5) is 0. The maximum atomic E-state index is 13.2. The molecule has 2 nitrogen and oxygen atoms in total. The zero-order valence-electron chi connectivity index (χ0n) is 11.0. The summed E-state index contributed by atoms with van der Waals surface area (Å²) < 4.78 is 14.3. The molecule has 0 radical (unpaired) electrons. The highest BCUT2D eigenvalue weighted by Gasteiger charge is 2.09. The highest BCUT2D eigenvalue weighted by atomic mass is 79.9. The second-order valence-electron chi connectivity index (χ2n) is 4.55. The van der Waals surface area contributed by atoms with E-state index in [4.69, 9.17) is 5.26 Å². The summed E-state index contributed by atoms with van der Waals surface area (Å²) in [5.74, 6) is -0.477. The Morgan fingerprint density at radius 3 is 2.75 bits per heavy atom. The fourth-order valence-corrected chi connectivity index (χ4v) is 2.60. The van der Waals surface area contributed by atoms with Gasteiger partial charge in [-0.1, -0.05) is 40.2 Å². The molecule has 0 aliphatic heterocycles. The molecular weight excluding hydrogens is 319 g/mol. The summed E-state index contributed by atoms with van der Waals surface area (Å²) in [6, 6.07) is 14.6. The summed E-state index contributed by atoms with van der Waals surface area (Å²) in [6.45, 7) is 2.65. The van der Waals surface area contributed by atoms with Gasteiger partial charge in [-0.05, 0) is 36.2 Å². The van der Waals surface area contributed by atoms with Gasteiger partial charge in [0.05, 0.1) is 5.56 Å². The molecule has 4 heteroatoms. The SMILES string of the molecule is CC(NCc1ccc(F)c(C#N)c1)c1ccccc1Br. The van der Waals surface area contributed by atoms with E-state index in [9.17, 15) is 4.39 Å². The van der Waals surface area contributed by atoms with E-state index in [1.165, 1.54) is 6.07 Å². The standard InChI is InChI=1S/C16H14BrFN2/c1-11(14-4-2-3-5-15(14)17)20-10-12-6-7-16(18)13(8-12)9-19/h2-8,11,20H,10H2,1H3. The fourth-order valence-electron chi connectivity index (χ4n) is 1.98. The summed E-state index contributed by atoms with van der Waals surface area (Å²) in [5.41, 5.74) is 2.13. The van der Waals surface area contributed by atoms with Crippen molar-refractivity contribution in [1.82, 2.24) is 5.32 Å². The maximum Gasteiger partial charge on any atom is 0.140 e. The number of nitriles is 1. The van der Waals surface area contributed by atoms with Gasteiger partial charge in [0.25, 0.3) is 0 Å². The van der Waals surface area contributed by atoms with Gasteiger partial charge in [-0.15, -0.1) is 0 Å². The summed E-state index contributed by atoms with van der Waals surface area (Å²) in [5, 5.41) is 12.2. The number of hydrogen-bond donors (Lipinski definition) is 1. The zero-order valence-corrected chi connectivity index (χ0v) is 12.6. The topological polar surface area (TPSA) is 35.8 Å². The van der Waals surface area contributed by atoms with E-state index >= 15 is 0 Å². The molecule has 0 amide bonds. The molecule has 0 saturated heterocycles. The lowest BCUT2D eigenvalue weighted by molar-refractivity contribution is 0.570. The van der Waals surface area contributed by atoms with Crippen LogP contribution < -0.4 is 5.32 Å². The van der Waals surface area contributed by atoms with Gasteiger partial charge < -0.3 is 5.32 Å². The number of nitrogens with one attached hydrogen (secondary N) is 1. The van der Waals surface area contributed by atoms with Crippen LogP contribution in [0.25, 0.3) is 0 Å². The normalized spacial score (nSPS) is 11.9. The zero-order chi connectivity index (χ0) is 14.5. The summed E-state index contributed by atoms with van der Waals surface area (Å²) >= 11 is 3.52. The van der Waals surface area contributed by atoms with Gasteiger partial charge in [-0.3, -0.25) is 0 Å². The van der Waals surface area contributed by atoms with E-state index in [0.717, 1.165) is 15.6 Å². The third-order valence-electron chi connectivity index (χ3n) is 3.14. The van der Waals surface area contributed by atoms with E-state index in [2.05, 4.69) is 28.2 Å². The number of benzene rings is 2. The van der Waals surface area contributed by atoms with Crippen LogP contribution in [0.2, 0.25) is 0 Å². The Kier molecular flexibility index (Phi) is 4.89. The van der Waals surface area contributed by atoms with Crippen LogP contribution in [0.3, 0.4) is 0 Å². The molecular formula is C16H14BrFN2. The minimum atomic E-state index is -0.477. The Balaban J connectivity index is 2.06. The van der Waals surface area contributed by atoms with Crippen molar-refractivity contribution in [2.45, 2.75) is 19.5 Å². The van der Waals surface area contributed by atoms with Gasteiger partial charge in [0.15, 0.2) is 0 Å². The predicted octanol–water partition coefficient (Wildman–Crippen LogP) is 4.31. The Hall–Kier alpha value is -1.70. The molecule has 0 saturated carbocycles. The monoisotopic (exact) mass is 332 g/mol. The van der Waals surface area contributed by atoms with Crippen molar-refractivity contribution in [3.8, 4) is 6.07 Å². The predicted molar refractivity (Wildman–Crippen MR) is 80.5 cm³/mol. The van der Waals surface area contributed by atoms with Gasteiger partial charge in [-0.25, -0.2) is 4.39 Å². The van der Waals surface area contributed by atoms with Crippen LogP contribution in [0.5, 0.6) is 0 Å². The molecule has 0 heterocycles. The molecule has 2 aromatic carbocycles. The van der Waals surface area contributed by atoms with Crippen LogP contribution >= 0.6 is 15.9 Å². The van der Waals surface area contributed by atoms with Crippen LogP contribution in [-0.4, -0.2) is 0 Å². The van der Waals surface area contributed by atoms with Gasteiger partial charge in [0, 0.05) is 17.1 Å². The van der Waals surface area contributed by atoms with Crippen molar-refractivity contribution < 1.29 is 4.39 Å². The molecule has 1 N–H and O–H groups in total. The third-order valence-corrected chi connectivity index (χ3v) is 3.86. The Morgan fingerprint density at radius 2 is 2.05 bits per heavy atom. The van der Waals surface area contributed by atoms with E-state index in [-0.39, 0.29) is 11.6 Å². The lowest BCUT2D eigenvalue weighted by Gasteiger charge is -2.16. The van der Waals surface area contributed by atoms with Crippen LogP contribution in [0.4, 0.5) is 4.39 Å². The molecule has 1 unspecified atom stereocenters. The lowest BCUT2D eigenvalue weighted by atomic mass is 10.1. The molecule has 20 heavy (non-hydrogen) atoms. The quantitative estimate of drug-likeness (QED) is 0.905. The van der Waals surface area contributed by atoms with Crippen LogP contribution in [0.15, 0.2) is 46.9 Å². The largest absolute Gasteiger partial charge is 0.306 e. The van der Waals surface area contributed by atoms with Crippen molar-refractivity contribution in [2.75, 3.05) is 0 Å². The Bertz CT molecular complexity index is 649. The minimum Gasteiger partial charge on any atom is -0.306 e. The Morgan fingerprint density at radius 1 is 1.30 bits per heavy atom. The van der Waals surface area contributed by atoms with E-state index in [1.54, 1.807) is 12.1 Å². The van der Waals surface area contributed by atoms with Gasteiger partial charge in [-0.2, -0.15) is 5.26 Å². The summed E-state index contributed by atoms with van der Waals surface area (Å²) in [7, 11) is 0. The van der Waals surface area contributed by atoms with E-state index < -0.39 is 5.82 Å². The average Bonchev–Trinajstić information content (AvgIpc) is 2.46. The molecule has 0 fully saturated rings. The third kappa shape index (κ3) is 3.44. The second kappa shape index (κ2) is 6.65. The summed E-state index contributed by atoms with van der Waals surface area (Å²) in [6.07, 6.45) is 0. The van der Waals surface area contributed by atoms with Crippen molar-refractivity contribution in [3.63, 3.8) is 0 Å². The molecule has 0 bridgehead atoms. The first-order chi connectivity index (χ1) is 9.61. The van der Waals surface area contributed by atoms with Crippen molar-refractivity contribution in [2.24, 2.45) is 0 Å². The molecule has 2 aromatic rings. The smallest absolute Gasteiger partial charge is 0.140 e. The van der Waals surface area contributed by atoms with Crippen LogP contribution in [0, 0.1) is 17.1 Å². The van der Waals surface area contributed by atoms with E-state index in [0.29, 0.717) is 6.54 Å². The van der Waals surface area contributed by atoms with Crippen molar-refractivity contribution in [3.05, 3.63) is 69.4 Å². The lowest BCUT2D eigenvalue weighted by Crippen LogP contribution is -2.18. The average molecular weight is 333 g/mol. The number of hydrogen-bond acceptors (Lipinski definition) is 2. The first kappa shape index (κ1) is 14.7. The molecule has 1 atom stereocenters. The number of rotatable bonds is 4. The van der Waals surface area contributed by atoms with Crippen LogP contribution in [0.1, 0.15) is 29.7 Å². The first-order valence-corrected chi connectivity index (χ1v) is 7.07. The molecule has 0 aliphatic carbocycles. The fraction of sp³-hybridized carbons (Fsp3) is 0.188. The molecule has 102 valence electrons. The number of halogens is 2. The highest BCUT2D eigenvalue weighted by molar-refractivity contribution is 9.10. The molecule has 0 aromatic heterocycles. The second-order valence-corrected chi connectivity index (χ2v) is 5.40.